The first kappa shape index (κ1) is 17.7. The number of carbonyl (C=O) groups excluding carboxylic acids is 1. The van der Waals surface area contributed by atoms with E-state index in [0.29, 0.717) is 0 Å². The van der Waals surface area contributed by atoms with Gasteiger partial charge in [-0.1, -0.05) is 28.1 Å². The molecular formula is C16H20BrNO5. The lowest BCUT2D eigenvalue weighted by molar-refractivity contribution is -0.170. The highest BCUT2D eigenvalue weighted by molar-refractivity contribution is 9.10. The normalized spacial score (nSPS) is 16.6. The zero-order chi connectivity index (χ0) is 17.3. The average Bonchev–Trinajstić information content (AvgIpc) is 2.35. The van der Waals surface area contributed by atoms with Gasteiger partial charge in [0.15, 0.2) is 0 Å². The molecule has 0 unspecified atom stereocenters. The van der Waals surface area contributed by atoms with Crippen LogP contribution in [0.2, 0.25) is 0 Å². The molecule has 23 heavy (non-hydrogen) atoms. The van der Waals surface area contributed by atoms with Gasteiger partial charge in [0.25, 0.3) is 0 Å². The molecule has 1 fully saturated rings. The summed E-state index contributed by atoms with van der Waals surface area (Å²) in [5, 5.41) is 8.89. The van der Waals surface area contributed by atoms with Crippen molar-refractivity contribution in [1.82, 2.24) is 4.90 Å². The highest BCUT2D eigenvalue weighted by Crippen LogP contribution is 2.37. The Labute approximate surface area is 143 Å². The molecule has 0 bridgehead atoms. The third-order valence-corrected chi connectivity index (χ3v) is 3.86. The Hall–Kier alpha value is -1.60. The standard InChI is InChI=1S/C16H20BrNO5/c1-15(2,3)23-14(21)18-9-16(10-18,22-8-13(19)20)11-5-4-6-12(17)7-11/h4-7H,8-10H2,1-3H3,(H,19,20). The van der Waals surface area contributed by atoms with Crippen LogP contribution >= 0.6 is 15.9 Å². The maximum absolute atomic E-state index is 12.1. The zero-order valence-electron chi connectivity index (χ0n) is 13.3. The van der Waals surface area contributed by atoms with Crippen molar-refractivity contribution in [1.29, 1.82) is 0 Å². The van der Waals surface area contributed by atoms with Gasteiger partial charge in [0.2, 0.25) is 0 Å². The minimum absolute atomic E-state index is 0.256. The summed E-state index contributed by atoms with van der Waals surface area (Å²) in [6, 6.07) is 7.45. The number of hydrogen-bond donors (Lipinski definition) is 1. The van der Waals surface area contributed by atoms with E-state index in [2.05, 4.69) is 15.9 Å². The molecular weight excluding hydrogens is 366 g/mol. The van der Waals surface area contributed by atoms with Crippen molar-refractivity contribution >= 4 is 28.0 Å². The van der Waals surface area contributed by atoms with E-state index in [0.717, 1.165) is 10.0 Å². The van der Waals surface area contributed by atoms with Gasteiger partial charge < -0.3 is 19.5 Å². The summed E-state index contributed by atoms with van der Waals surface area (Å²) in [6.07, 6.45) is -0.429. The first-order chi connectivity index (χ1) is 10.6. The quantitative estimate of drug-likeness (QED) is 0.861. The third-order valence-electron chi connectivity index (χ3n) is 3.37. The molecule has 1 heterocycles. The van der Waals surface area contributed by atoms with Gasteiger partial charge in [-0.15, -0.1) is 0 Å². The number of likely N-dealkylation sites (tertiary alicyclic amines) is 1. The molecule has 0 aliphatic carbocycles. The Bertz CT molecular complexity index is 605. The van der Waals surface area contributed by atoms with Crippen molar-refractivity contribution < 1.29 is 24.2 Å². The molecule has 7 heteroatoms. The predicted molar refractivity (Wildman–Crippen MR) is 87.2 cm³/mol. The Morgan fingerprint density at radius 3 is 2.52 bits per heavy atom. The number of benzene rings is 1. The smallest absolute Gasteiger partial charge is 0.410 e. The molecule has 0 saturated carbocycles. The number of carboxylic acid groups (broad SMARTS) is 1. The van der Waals surface area contributed by atoms with E-state index in [1.165, 1.54) is 4.90 Å². The number of carboxylic acids is 1. The Balaban J connectivity index is 2.13. The van der Waals surface area contributed by atoms with Gasteiger partial charge in [0.05, 0.1) is 13.1 Å². The summed E-state index contributed by atoms with van der Waals surface area (Å²) in [7, 11) is 0. The molecule has 0 spiro atoms. The molecule has 6 nitrogen and oxygen atoms in total. The fourth-order valence-electron chi connectivity index (χ4n) is 2.35. The van der Waals surface area contributed by atoms with Crippen LogP contribution in [-0.4, -0.2) is 47.4 Å². The van der Waals surface area contributed by atoms with E-state index in [4.69, 9.17) is 14.6 Å². The van der Waals surface area contributed by atoms with Crippen molar-refractivity contribution in [3.05, 3.63) is 34.3 Å². The summed E-state index contributed by atoms with van der Waals surface area (Å²) >= 11 is 3.39. The number of nitrogens with zero attached hydrogens (tertiary/aromatic N) is 1. The van der Waals surface area contributed by atoms with E-state index >= 15 is 0 Å². The molecule has 2 rings (SSSR count). The lowest BCUT2D eigenvalue weighted by Gasteiger charge is -2.49. The molecule has 126 valence electrons. The molecule has 1 N–H and O–H groups in total. The minimum Gasteiger partial charge on any atom is -0.480 e. The van der Waals surface area contributed by atoms with Crippen molar-refractivity contribution in [3.8, 4) is 0 Å². The fraction of sp³-hybridized carbons (Fsp3) is 0.500. The summed E-state index contributed by atoms with van der Waals surface area (Å²) in [5.41, 5.74) is -0.570. The van der Waals surface area contributed by atoms with Gasteiger partial charge in [-0.25, -0.2) is 9.59 Å². The van der Waals surface area contributed by atoms with Crippen LogP contribution in [0.4, 0.5) is 4.79 Å². The second kappa shape index (κ2) is 6.49. The first-order valence-electron chi connectivity index (χ1n) is 7.21. The summed E-state index contributed by atoms with van der Waals surface area (Å²) in [5.74, 6) is -1.05. The fourth-order valence-corrected chi connectivity index (χ4v) is 2.75. The Morgan fingerprint density at radius 1 is 1.35 bits per heavy atom. The summed E-state index contributed by atoms with van der Waals surface area (Å²) in [4.78, 5) is 24.4. The second-order valence-corrected chi connectivity index (χ2v) is 7.44. The maximum Gasteiger partial charge on any atom is 0.410 e. The SMILES string of the molecule is CC(C)(C)OC(=O)N1CC(OCC(=O)O)(c2cccc(Br)c2)C1. The monoisotopic (exact) mass is 385 g/mol. The molecule has 1 aliphatic heterocycles. The van der Waals surface area contributed by atoms with Gasteiger partial charge in [-0.2, -0.15) is 0 Å². The first-order valence-corrected chi connectivity index (χ1v) is 8.00. The van der Waals surface area contributed by atoms with Crippen LogP contribution in [0.25, 0.3) is 0 Å². The van der Waals surface area contributed by atoms with Gasteiger partial charge in [-0.3, -0.25) is 0 Å². The van der Waals surface area contributed by atoms with E-state index in [-0.39, 0.29) is 13.1 Å². The summed E-state index contributed by atoms with van der Waals surface area (Å²) in [6.45, 7) is 5.49. The second-order valence-electron chi connectivity index (χ2n) is 6.52. The van der Waals surface area contributed by atoms with Crippen molar-refractivity contribution in [2.75, 3.05) is 19.7 Å². The van der Waals surface area contributed by atoms with Gasteiger partial charge in [0, 0.05) is 4.47 Å². The molecule has 1 saturated heterocycles. The number of amides is 1. The highest BCUT2D eigenvalue weighted by Gasteiger charge is 2.49. The number of aliphatic carboxylic acids is 1. The molecule has 0 atom stereocenters. The topological polar surface area (TPSA) is 76.1 Å². The van der Waals surface area contributed by atoms with Crippen LogP contribution in [0.5, 0.6) is 0 Å². The number of ether oxygens (including phenoxy) is 2. The minimum atomic E-state index is -1.05. The molecule has 1 amide bonds. The van der Waals surface area contributed by atoms with Crippen molar-refractivity contribution in [2.45, 2.75) is 32.0 Å². The van der Waals surface area contributed by atoms with E-state index in [1.807, 2.05) is 24.3 Å². The van der Waals surface area contributed by atoms with Crippen LogP contribution in [-0.2, 0) is 19.9 Å². The zero-order valence-corrected chi connectivity index (χ0v) is 14.9. The third kappa shape index (κ3) is 4.45. The molecule has 0 aromatic heterocycles. The van der Waals surface area contributed by atoms with Crippen LogP contribution in [0, 0.1) is 0 Å². The number of halogens is 1. The highest BCUT2D eigenvalue weighted by atomic mass is 79.9. The van der Waals surface area contributed by atoms with Gasteiger partial charge in [0.1, 0.15) is 17.8 Å². The average molecular weight is 386 g/mol. The van der Waals surface area contributed by atoms with Crippen LogP contribution in [0.15, 0.2) is 28.7 Å². The number of rotatable bonds is 4. The molecule has 1 aromatic carbocycles. The maximum atomic E-state index is 12.1. The van der Waals surface area contributed by atoms with Crippen molar-refractivity contribution in [2.24, 2.45) is 0 Å². The largest absolute Gasteiger partial charge is 0.480 e. The molecule has 1 aliphatic rings. The molecule has 0 radical (unpaired) electrons. The molecule has 1 aromatic rings. The lowest BCUT2D eigenvalue weighted by atomic mass is 9.86. The summed E-state index contributed by atoms with van der Waals surface area (Å²) < 4.78 is 11.8. The lowest BCUT2D eigenvalue weighted by Crippen LogP contribution is -2.63. The van der Waals surface area contributed by atoms with Crippen LogP contribution in [0.1, 0.15) is 26.3 Å². The number of hydrogen-bond acceptors (Lipinski definition) is 4. The predicted octanol–water partition coefficient (Wildman–Crippen LogP) is 3.00. The van der Waals surface area contributed by atoms with E-state index < -0.39 is 29.9 Å². The van der Waals surface area contributed by atoms with E-state index in [9.17, 15) is 9.59 Å². The van der Waals surface area contributed by atoms with Crippen LogP contribution < -0.4 is 0 Å². The Morgan fingerprint density at radius 2 is 2.00 bits per heavy atom. The Kier molecular flexibility index (Phi) is 5.01. The van der Waals surface area contributed by atoms with Crippen molar-refractivity contribution in [3.63, 3.8) is 0 Å². The van der Waals surface area contributed by atoms with E-state index in [1.54, 1.807) is 20.8 Å². The van der Waals surface area contributed by atoms with Gasteiger partial charge in [-0.05, 0) is 38.5 Å². The van der Waals surface area contributed by atoms with Gasteiger partial charge >= 0.3 is 12.1 Å². The van der Waals surface area contributed by atoms with Crippen LogP contribution in [0.3, 0.4) is 0 Å². The number of carbonyl (C=O) groups is 2.